The maximum absolute atomic E-state index is 10.8. The molecule has 1 aromatic carbocycles. The molecule has 2 N–H and O–H groups in total. The number of nitrogens with zero attached hydrogens (tertiary/aromatic N) is 1. The number of benzene rings is 1. The molecule has 0 fully saturated rings. The van der Waals surface area contributed by atoms with Crippen LogP contribution in [0.2, 0.25) is 5.15 Å². The number of nitrogens with one attached hydrogen (secondary N) is 1. The zero-order valence-electron chi connectivity index (χ0n) is 15.4. The molecule has 0 aliphatic heterocycles. The number of hydrogen-bond donors (Lipinski definition) is 2. The highest BCUT2D eigenvalue weighted by Crippen LogP contribution is 2.37. The van der Waals surface area contributed by atoms with Crippen molar-refractivity contribution in [3.63, 3.8) is 0 Å². The third-order valence-corrected chi connectivity index (χ3v) is 4.13. The van der Waals surface area contributed by atoms with E-state index in [0.717, 1.165) is 16.7 Å². The predicted octanol–water partition coefficient (Wildman–Crippen LogP) is 5.29. The van der Waals surface area contributed by atoms with Gasteiger partial charge in [-0.2, -0.15) is 0 Å². The van der Waals surface area contributed by atoms with Crippen LogP contribution in [0.3, 0.4) is 0 Å². The standard InChI is InChI=1S/C20H27ClN2O/c1-19(2,3)15-9-14(12-23-20(4,5)6)18(24)16(10-15)13-7-8-17(21)22-11-13/h7-11,23-24H,12H2,1-6H3. The fourth-order valence-corrected chi connectivity index (χ4v) is 2.49. The minimum Gasteiger partial charge on any atom is -0.507 e. The van der Waals surface area contributed by atoms with Crippen LogP contribution in [0.4, 0.5) is 0 Å². The van der Waals surface area contributed by atoms with Crippen molar-refractivity contribution in [3.05, 3.63) is 46.7 Å². The molecule has 0 aliphatic carbocycles. The van der Waals surface area contributed by atoms with E-state index in [9.17, 15) is 5.11 Å². The first-order valence-electron chi connectivity index (χ1n) is 8.21. The van der Waals surface area contributed by atoms with E-state index >= 15 is 0 Å². The molecular weight excluding hydrogens is 320 g/mol. The predicted molar refractivity (Wildman–Crippen MR) is 102 cm³/mol. The van der Waals surface area contributed by atoms with Crippen LogP contribution in [-0.2, 0) is 12.0 Å². The number of aromatic hydroxyl groups is 1. The van der Waals surface area contributed by atoms with Crippen LogP contribution in [0.5, 0.6) is 5.75 Å². The number of halogens is 1. The summed E-state index contributed by atoms with van der Waals surface area (Å²) in [5.41, 5.74) is 3.68. The number of aromatic nitrogens is 1. The second kappa shape index (κ2) is 6.73. The molecule has 24 heavy (non-hydrogen) atoms. The summed E-state index contributed by atoms with van der Waals surface area (Å²) in [6, 6.07) is 7.76. The maximum atomic E-state index is 10.8. The molecule has 130 valence electrons. The van der Waals surface area contributed by atoms with Gasteiger partial charge in [0.25, 0.3) is 0 Å². The monoisotopic (exact) mass is 346 g/mol. The quantitative estimate of drug-likeness (QED) is 0.742. The van der Waals surface area contributed by atoms with Crippen LogP contribution in [0.1, 0.15) is 52.7 Å². The fraction of sp³-hybridized carbons (Fsp3) is 0.450. The molecule has 0 saturated carbocycles. The van der Waals surface area contributed by atoms with Gasteiger partial charge in [-0.05, 0) is 49.9 Å². The Kier molecular flexibility index (Phi) is 5.26. The molecule has 1 heterocycles. The van der Waals surface area contributed by atoms with Gasteiger partial charge in [0.2, 0.25) is 0 Å². The van der Waals surface area contributed by atoms with Crippen LogP contribution in [0.25, 0.3) is 11.1 Å². The molecule has 0 amide bonds. The number of phenols is 1. The second-order valence-corrected chi connectivity index (χ2v) is 8.64. The Balaban J connectivity index is 2.54. The van der Waals surface area contributed by atoms with Gasteiger partial charge in [0.1, 0.15) is 10.9 Å². The summed E-state index contributed by atoms with van der Waals surface area (Å²) < 4.78 is 0. The van der Waals surface area contributed by atoms with Crippen molar-refractivity contribution in [2.45, 2.75) is 59.0 Å². The Morgan fingerprint density at radius 3 is 2.25 bits per heavy atom. The maximum Gasteiger partial charge on any atom is 0.129 e. The zero-order valence-corrected chi connectivity index (χ0v) is 16.1. The third-order valence-electron chi connectivity index (χ3n) is 3.90. The lowest BCUT2D eigenvalue weighted by molar-refractivity contribution is 0.411. The van der Waals surface area contributed by atoms with Crippen LogP contribution in [0, 0.1) is 0 Å². The lowest BCUT2D eigenvalue weighted by Crippen LogP contribution is -2.35. The molecule has 2 rings (SSSR count). The first kappa shape index (κ1) is 18.8. The fourth-order valence-electron chi connectivity index (χ4n) is 2.38. The summed E-state index contributed by atoms with van der Waals surface area (Å²) in [7, 11) is 0. The van der Waals surface area contributed by atoms with E-state index < -0.39 is 0 Å². The number of rotatable bonds is 3. The normalized spacial score (nSPS) is 12.5. The largest absolute Gasteiger partial charge is 0.507 e. The Labute approximate surface area is 150 Å². The molecular formula is C20H27ClN2O. The second-order valence-electron chi connectivity index (χ2n) is 8.25. The van der Waals surface area contributed by atoms with Gasteiger partial charge in [0.15, 0.2) is 0 Å². The van der Waals surface area contributed by atoms with Crippen molar-refractivity contribution in [2.75, 3.05) is 0 Å². The van der Waals surface area contributed by atoms with Gasteiger partial charge in [-0.1, -0.05) is 38.4 Å². The molecule has 0 atom stereocenters. The van der Waals surface area contributed by atoms with Gasteiger partial charge in [0, 0.05) is 35.0 Å². The molecule has 0 aliphatic rings. The average molecular weight is 347 g/mol. The topological polar surface area (TPSA) is 45.2 Å². The zero-order chi connectivity index (χ0) is 18.1. The van der Waals surface area contributed by atoms with Crippen molar-refractivity contribution in [1.82, 2.24) is 10.3 Å². The highest BCUT2D eigenvalue weighted by atomic mass is 35.5. The number of hydrogen-bond acceptors (Lipinski definition) is 3. The van der Waals surface area contributed by atoms with Gasteiger partial charge in [-0.25, -0.2) is 4.98 Å². The molecule has 0 unspecified atom stereocenters. The first-order valence-corrected chi connectivity index (χ1v) is 8.58. The summed E-state index contributed by atoms with van der Waals surface area (Å²) in [6.45, 7) is 13.5. The Morgan fingerprint density at radius 2 is 1.75 bits per heavy atom. The summed E-state index contributed by atoms with van der Waals surface area (Å²) in [4.78, 5) is 4.14. The van der Waals surface area contributed by atoms with E-state index in [1.54, 1.807) is 12.3 Å². The van der Waals surface area contributed by atoms with Crippen LogP contribution in [0.15, 0.2) is 30.5 Å². The van der Waals surface area contributed by atoms with Crippen LogP contribution >= 0.6 is 11.6 Å². The Hall–Kier alpha value is -1.58. The van der Waals surface area contributed by atoms with Gasteiger partial charge in [0.05, 0.1) is 0 Å². The van der Waals surface area contributed by atoms with E-state index in [1.165, 1.54) is 5.56 Å². The van der Waals surface area contributed by atoms with E-state index in [1.807, 2.05) is 12.1 Å². The molecule has 2 aromatic rings. The summed E-state index contributed by atoms with van der Waals surface area (Å²) in [5, 5.41) is 14.7. The van der Waals surface area contributed by atoms with Crippen molar-refractivity contribution >= 4 is 11.6 Å². The summed E-state index contributed by atoms with van der Waals surface area (Å²) >= 11 is 5.89. The van der Waals surface area contributed by atoms with Gasteiger partial charge in [-0.3, -0.25) is 0 Å². The minimum absolute atomic E-state index is 0.0151. The smallest absolute Gasteiger partial charge is 0.129 e. The van der Waals surface area contributed by atoms with Crippen molar-refractivity contribution in [1.29, 1.82) is 0 Å². The molecule has 4 heteroatoms. The van der Waals surface area contributed by atoms with Crippen molar-refractivity contribution in [2.24, 2.45) is 0 Å². The molecule has 0 bridgehead atoms. The lowest BCUT2D eigenvalue weighted by Gasteiger charge is -2.25. The average Bonchev–Trinajstić information content (AvgIpc) is 2.45. The van der Waals surface area contributed by atoms with E-state index in [0.29, 0.717) is 17.4 Å². The van der Waals surface area contributed by atoms with Crippen LogP contribution in [-0.4, -0.2) is 15.6 Å². The summed E-state index contributed by atoms with van der Waals surface area (Å²) in [6.07, 6.45) is 1.70. The molecule has 0 radical (unpaired) electrons. The Bertz CT molecular complexity index is 710. The molecule has 3 nitrogen and oxygen atoms in total. The number of phenolic OH excluding ortho intramolecular Hbond substituents is 1. The molecule has 1 aromatic heterocycles. The lowest BCUT2D eigenvalue weighted by atomic mass is 9.83. The van der Waals surface area contributed by atoms with E-state index in [-0.39, 0.29) is 11.0 Å². The highest BCUT2D eigenvalue weighted by Gasteiger charge is 2.20. The minimum atomic E-state index is -0.0217. The van der Waals surface area contributed by atoms with E-state index in [4.69, 9.17) is 11.6 Å². The van der Waals surface area contributed by atoms with Gasteiger partial charge in [-0.15, -0.1) is 0 Å². The van der Waals surface area contributed by atoms with E-state index in [2.05, 4.69) is 57.9 Å². The van der Waals surface area contributed by atoms with Gasteiger partial charge >= 0.3 is 0 Å². The molecule has 0 saturated heterocycles. The number of pyridine rings is 1. The first-order chi connectivity index (χ1) is 11.0. The van der Waals surface area contributed by atoms with Gasteiger partial charge < -0.3 is 10.4 Å². The summed E-state index contributed by atoms with van der Waals surface area (Å²) in [5.74, 6) is 0.295. The molecule has 0 spiro atoms. The SMILES string of the molecule is CC(C)(C)NCc1cc(C(C)(C)C)cc(-c2ccc(Cl)nc2)c1O. The Morgan fingerprint density at radius 1 is 1.08 bits per heavy atom. The van der Waals surface area contributed by atoms with Crippen LogP contribution < -0.4 is 5.32 Å². The highest BCUT2D eigenvalue weighted by molar-refractivity contribution is 6.29. The third kappa shape index (κ3) is 4.71. The van der Waals surface area contributed by atoms with Crippen molar-refractivity contribution in [3.8, 4) is 16.9 Å². The van der Waals surface area contributed by atoms with Crippen molar-refractivity contribution < 1.29 is 5.11 Å².